The molecule has 0 spiro atoms. The number of aryl methyl sites for hydroxylation is 1. The average molecular weight is 273 g/mol. The number of nitrogens with zero attached hydrogens (tertiary/aromatic N) is 1. The fraction of sp³-hybridized carbons (Fsp3) is 0.312. The molecule has 104 valence electrons. The van der Waals surface area contributed by atoms with Crippen molar-refractivity contribution in [2.24, 2.45) is 0 Å². The second kappa shape index (κ2) is 5.12. The molecule has 1 aliphatic heterocycles. The van der Waals surface area contributed by atoms with Crippen molar-refractivity contribution in [3.8, 4) is 0 Å². The highest BCUT2D eigenvalue weighted by Gasteiger charge is 2.31. The minimum absolute atomic E-state index is 0.00788. The summed E-state index contributed by atoms with van der Waals surface area (Å²) in [5.41, 5.74) is 0.973. The van der Waals surface area contributed by atoms with E-state index in [2.05, 4.69) is 0 Å². The van der Waals surface area contributed by atoms with Crippen LogP contribution in [0.3, 0.4) is 0 Å². The summed E-state index contributed by atoms with van der Waals surface area (Å²) in [4.78, 5) is 14.3. The Kier molecular flexibility index (Phi) is 3.30. The lowest BCUT2D eigenvalue weighted by Crippen LogP contribution is -2.30. The Hall–Kier alpha value is -2.10. The number of furan rings is 1. The van der Waals surface area contributed by atoms with E-state index in [9.17, 15) is 9.18 Å². The van der Waals surface area contributed by atoms with Gasteiger partial charge in [-0.2, -0.15) is 0 Å². The molecule has 1 fully saturated rings. The smallest absolute Gasteiger partial charge is 0.290 e. The summed E-state index contributed by atoms with van der Waals surface area (Å²) < 4.78 is 18.4. The summed E-state index contributed by atoms with van der Waals surface area (Å²) in [7, 11) is 0. The van der Waals surface area contributed by atoms with Crippen LogP contribution in [0.5, 0.6) is 0 Å². The molecule has 1 aromatic heterocycles. The first-order valence-corrected chi connectivity index (χ1v) is 6.78. The molecule has 1 aromatic carbocycles. The van der Waals surface area contributed by atoms with Crippen LogP contribution in [-0.2, 0) is 0 Å². The van der Waals surface area contributed by atoms with E-state index >= 15 is 0 Å². The summed E-state index contributed by atoms with van der Waals surface area (Å²) in [5.74, 6) is 0.749. The van der Waals surface area contributed by atoms with Gasteiger partial charge in [-0.3, -0.25) is 4.79 Å². The van der Waals surface area contributed by atoms with Crippen LogP contribution in [0, 0.1) is 12.7 Å². The molecule has 0 N–H and O–H groups in total. The first-order valence-electron chi connectivity index (χ1n) is 6.78. The summed E-state index contributed by atoms with van der Waals surface area (Å²) in [6.07, 6.45) is 1.85. The SMILES string of the molecule is Cc1ccc(C(=O)N2CCCC2c2ccc(F)cc2)o1. The second-order valence-corrected chi connectivity index (χ2v) is 5.12. The van der Waals surface area contributed by atoms with E-state index in [0.717, 1.165) is 24.2 Å². The number of likely N-dealkylation sites (tertiary alicyclic amines) is 1. The Bertz CT molecular complexity index is 618. The van der Waals surface area contributed by atoms with Gasteiger partial charge in [-0.1, -0.05) is 12.1 Å². The Balaban J connectivity index is 1.85. The van der Waals surface area contributed by atoms with Gasteiger partial charge in [-0.25, -0.2) is 4.39 Å². The zero-order valence-corrected chi connectivity index (χ0v) is 11.3. The van der Waals surface area contributed by atoms with E-state index in [1.54, 1.807) is 24.3 Å². The van der Waals surface area contributed by atoms with Gasteiger partial charge in [-0.15, -0.1) is 0 Å². The van der Waals surface area contributed by atoms with Crippen molar-refractivity contribution in [3.05, 3.63) is 59.3 Å². The van der Waals surface area contributed by atoms with Crippen LogP contribution in [0.4, 0.5) is 4.39 Å². The first-order chi connectivity index (χ1) is 9.65. The van der Waals surface area contributed by atoms with Gasteiger partial charge in [0, 0.05) is 6.54 Å². The highest BCUT2D eigenvalue weighted by atomic mass is 19.1. The van der Waals surface area contributed by atoms with Gasteiger partial charge < -0.3 is 9.32 Å². The lowest BCUT2D eigenvalue weighted by molar-refractivity contribution is 0.0702. The van der Waals surface area contributed by atoms with Gasteiger partial charge in [0.2, 0.25) is 0 Å². The van der Waals surface area contributed by atoms with Gasteiger partial charge in [0.15, 0.2) is 5.76 Å². The topological polar surface area (TPSA) is 33.5 Å². The second-order valence-electron chi connectivity index (χ2n) is 5.12. The van der Waals surface area contributed by atoms with Gasteiger partial charge >= 0.3 is 0 Å². The quantitative estimate of drug-likeness (QED) is 0.835. The molecule has 3 rings (SSSR count). The van der Waals surface area contributed by atoms with E-state index in [-0.39, 0.29) is 17.8 Å². The number of hydrogen-bond acceptors (Lipinski definition) is 2. The standard InChI is InChI=1S/C16H16FNO2/c1-11-4-9-15(20-11)16(19)18-10-2-3-14(18)12-5-7-13(17)8-6-12/h4-9,14H,2-3,10H2,1H3. The Morgan fingerprint density at radius 3 is 2.65 bits per heavy atom. The largest absolute Gasteiger partial charge is 0.456 e. The molecule has 1 amide bonds. The molecular weight excluding hydrogens is 257 g/mol. The van der Waals surface area contributed by atoms with Crippen molar-refractivity contribution in [2.75, 3.05) is 6.54 Å². The molecule has 20 heavy (non-hydrogen) atoms. The number of halogens is 1. The van der Waals surface area contributed by atoms with Gasteiger partial charge in [0.05, 0.1) is 6.04 Å². The molecule has 0 radical (unpaired) electrons. The molecule has 1 unspecified atom stereocenters. The summed E-state index contributed by atoms with van der Waals surface area (Å²) in [5, 5.41) is 0. The van der Waals surface area contributed by atoms with Crippen molar-refractivity contribution in [1.29, 1.82) is 0 Å². The van der Waals surface area contributed by atoms with Crippen molar-refractivity contribution >= 4 is 5.91 Å². The van der Waals surface area contributed by atoms with Gasteiger partial charge in [-0.05, 0) is 49.6 Å². The van der Waals surface area contributed by atoms with Gasteiger partial charge in [0.1, 0.15) is 11.6 Å². The highest BCUT2D eigenvalue weighted by molar-refractivity contribution is 5.92. The number of carbonyl (C=O) groups excluding carboxylic acids is 1. The van der Waals surface area contributed by atoms with Crippen LogP contribution < -0.4 is 0 Å². The average Bonchev–Trinajstić information content (AvgIpc) is 3.07. The molecular formula is C16H16FNO2. The van der Waals surface area contributed by atoms with E-state index in [4.69, 9.17) is 4.42 Å². The van der Waals surface area contributed by atoms with E-state index in [1.807, 2.05) is 11.8 Å². The maximum atomic E-state index is 13.0. The third-order valence-electron chi connectivity index (χ3n) is 3.72. The maximum absolute atomic E-state index is 13.0. The number of benzene rings is 1. The summed E-state index contributed by atoms with van der Waals surface area (Å²) in [6.45, 7) is 2.53. The number of rotatable bonds is 2. The molecule has 0 aliphatic carbocycles. The lowest BCUT2D eigenvalue weighted by Gasteiger charge is -2.24. The third-order valence-corrected chi connectivity index (χ3v) is 3.72. The molecule has 1 saturated heterocycles. The number of amides is 1. The van der Waals surface area contributed by atoms with Crippen LogP contribution >= 0.6 is 0 Å². The molecule has 1 aliphatic rings. The van der Waals surface area contributed by atoms with Crippen molar-refractivity contribution in [1.82, 2.24) is 4.90 Å². The zero-order valence-electron chi connectivity index (χ0n) is 11.3. The molecule has 3 nitrogen and oxygen atoms in total. The monoisotopic (exact) mass is 273 g/mol. The molecule has 2 aromatic rings. The molecule has 0 saturated carbocycles. The third kappa shape index (κ3) is 2.33. The molecule has 1 atom stereocenters. The fourth-order valence-corrected chi connectivity index (χ4v) is 2.73. The number of carbonyl (C=O) groups is 1. The van der Waals surface area contributed by atoms with Crippen molar-refractivity contribution < 1.29 is 13.6 Å². The Morgan fingerprint density at radius 1 is 1.25 bits per heavy atom. The van der Waals surface area contributed by atoms with E-state index in [0.29, 0.717) is 12.3 Å². The van der Waals surface area contributed by atoms with Crippen LogP contribution in [0.1, 0.15) is 40.8 Å². The van der Waals surface area contributed by atoms with Crippen molar-refractivity contribution in [2.45, 2.75) is 25.8 Å². The van der Waals surface area contributed by atoms with E-state index < -0.39 is 0 Å². The zero-order chi connectivity index (χ0) is 14.1. The molecule has 4 heteroatoms. The van der Waals surface area contributed by atoms with Crippen LogP contribution in [-0.4, -0.2) is 17.4 Å². The van der Waals surface area contributed by atoms with E-state index in [1.165, 1.54) is 12.1 Å². The maximum Gasteiger partial charge on any atom is 0.290 e. The van der Waals surface area contributed by atoms with Crippen LogP contribution in [0.2, 0.25) is 0 Å². The summed E-state index contributed by atoms with van der Waals surface area (Å²) >= 11 is 0. The van der Waals surface area contributed by atoms with Gasteiger partial charge in [0.25, 0.3) is 5.91 Å². The Morgan fingerprint density at radius 2 is 2.00 bits per heavy atom. The minimum atomic E-state index is -0.258. The fourth-order valence-electron chi connectivity index (χ4n) is 2.73. The van der Waals surface area contributed by atoms with Crippen LogP contribution in [0.25, 0.3) is 0 Å². The Labute approximate surface area is 117 Å². The predicted octanol–water partition coefficient (Wildman–Crippen LogP) is 3.70. The van der Waals surface area contributed by atoms with Crippen LogP contribution in [0.15, 0.2) is 40.8 Å². The van der Waals surface area contributed by atoms with Crippen molar-refractivity contribution in [3.63, 3.8) is 0 Å². The number of hydrogen-bond donors (Lipinski definition) is 0. The highest BCUT2D eigenvalue weighted by Crippen LogP contribution is 2.33. The lowest BCUT2D eigenvalue weighted by atomic mass is 10.0. The molecule has 0 bridgehead atoms. The summed E-state index contributed by atoms with van der Waals surface area (Å²) in [6, 6.07) is 9.88. The molecule has 2 heterocycles. The predicted molar refractivity (Wildman–Crippen MR) is 72.9 cm³/mol. The normalized spacial score (nSPS) is 18.5. The minimum Gasteiger partial charge on any atom is -0.456 e. The first kappa shape index (κ1) is 12.9.